The Morgan fingerprint density at radius 3 is 2.75 bits per heavy atom. The molecule has 16 heavy (non-hydrogen) atoms. The number of anilines is 1. The van der Waals surface area contributed by atoms with E-state index in [0.717, 1.165) is 0 Å². The number of aliphatic hydroxyl groups excluding tert-OH is 1. The molecule has 1 atom stereocenters. The molecule has 4 N–H and O–H groups in total. The van der Waals surface area contributed by atoms with Crippen molar-refractivity contribution in [3.8, 4) is 0 Å². The molecule has 0 heterocycles. The largest absolute Gasteiger partial charge is 0.398 e. The third-order valence-corrected chi connectivity index (χ3v) is 3.78. The second kappa shape index (κ2) is 5.01. The van der Waals surface area contributed by atoms with E-state index in [1.165, 1.54) is 25.1 Å². The Bertz CT molecular complexity index is 476. The van der Waals surface area contributed by atoms with Crippen LogP contribution in [-0.4, -0.2) is 26.2 Å². The van der Waals surface area contributed by atoms with Gasteiger partial charge in [-0.05, 0) is 25.1 Å². The first-order valence-corrected chi connectivity index (χ1v) is 6.41. The molecule has 0 aromatic heterocycles. The van der Waals surface area contributed by atoms with E-state index in [4.69, 9.17) is 22.4 Å². The average Bonchev–Trinajstić information content (AvgIpc) is 2.20. The first-order chi connectivity index (χ1) is 7.36. The van der Waals surface area contributed by atoms with Crippen LogP contribution in [-0.2, 0) is 10.0 Å². The van der Waals surface area contributed by atoms with Crippen molar-refractivity contribution in [2.45, 2.75) is 17.9 Å². The van der Waals surface area contributed by atoms with Crippen LogP contribution in [0.1, 0.15) is 6.92 Å². The first-order valence-electron chi connectivity index (χ1n) is 4.55. The summed E-state index contributed by atoms with van der Waals surface area (Å²) in [5, 5.41) is 9.07. The van der Waals surface area contributed by atoms with E-state index in [1.54, 1.807) is 0 Å². The van der Waals surface area contributed by atoms with Gasteiger partial charge in [0, 0.05) is 11.1 Å². The Hall–Kier alpha value is -0.820. The van der Waals surface area contributed by atoms with Crippen LogP contribution in [0.2, 0.25) is 5.02 Å². The minimum atomic E-state index is -3.74. The van der Waals surface area contributed by atoms with Crippen molar-refractivity contribution in [2.75, 3.05) is 12.3 Å². The summed E-state index contributed by atoms with van der Waals surface area (Å²) in [4.78, 5) is -0.0831. The number of rotatable bonds is 4. The smallest absolute Gasteiger partial charge is 0.242 e. The predicted molar refractivity (Wildman–Crippen MR) is 62.7 cm³/mol. The third kappa shape index (κ3) is 3.08. The van der Waals surface area contributed by atoms with Crippen molar-refractivity contribution in [1.29, 1.82) is 0 Å². The quantitative estimate of drug-likeness (QED) is 0.694. The van der Waals surface area contributed by atoms with E-state index < -0.39 is 16.1 Å². The van der Waals surface area contributed by atoms with Crippen LogP contribution in [0.25, 0.3) is 0 Å². The Morgan fingerprint density at radius 1 is 1.56 bits per heavy atom. The lowest BCUT2D eigenvalue weighted by Crippen LogP contribution is -2.35. The molecule has 0 amide bonds. The average molecular weight is 265 g/mol. The number of aliphatic hydroxyl groups is 1. The van der Waals surface area contributed by atoms with Crippen LogP contribution in [0.5, 0.6) is 0 Å². The van der Waals surface area contributed by atoms with Crippen LogP contribution in [0.3, 0.4) is 0 Å². The van der Waals surface area contributed by atoms with Gasteiger partial charge < -0.3 is 10.8 Å². The van der Waals surface area contributed by atoms with E-state index in [2.05, 4.69) is 4.72 Å². The fourth-order valence-corrected chi connectivity index (χ4v) is 2.74. The standard InChI is InChI=1S/C9H13ClN2O3S/c1-6(5-13)12-16(14,15)9-4-7(10)2-3-8(9)11/h2-4,6,12-13H,5,11H2,1H3/t6-/m0/s1. The highest BCUT2D eigenvalue weighted by Gasteiger charge is 2.19. The van der Waals surface area contributed by atoms with Crippen LogP contribution in [0.4, 0.5) is 5.69 Å². The molecule has 1 rings (SSSR count). The van der Waals surface area contributed by atoms with Gasteiger partial charge in [-0.2, -0.15) is 0 Å². The summed E-state index contributed by atoms with van der Waals surface area (Å²) in [5.74, 6) is 0. The van der Waals surface area contributed by atoms with E-state index in [1.807, 2.05) is 0 Å². The topological polar surface area (TPSA) is 92.4 Å². The maximum absolute atomic E-state index is 11.8. The van der Waals surface area contributed by atoms with Gasteiger partial charge in [-0.15, -0.1) is 0 Å². The van der Waals surface area contributed by atoms with Crippen LogP contribution >= 0.6 is 11.6 Å². The zero-order chi connectivity index (χ0) is 12.3. The highest BCUT2D eigenvalue weighted by atomic mass is 35.5. The summed E-state index contributed by atoms with van der Waals surface area (Å²) in [6, 6.07) is 3.61. The zero-order valence-corrected chi connectivity index (χ0v) is 10.2. The molecule has 0 aliphatic carbocycles. The summed E-state index contributed by atoms with van der Waals surface area (Å²) in [5.41, 5.74) is 5.67. The molecule has 0 fully saturated rings. The van der Waals surface area contributed by atoms with E-state index >= 15 is 0 Å². The van der Waals surface area contributed by atoms with E-state index in [-0.39, 0.29) is 22.2 Å². The Morgan fingerprint density at radius 2 is 2.19 bits per heavy atom. The van der Waals surface area contributed by atoms with Gasteiger partial charge in [-0.3, -0.25) is 0 Å². The molecular weight excluding hydrogens is 252 g/mol. The third-order valence-electron chi connectivity index (χ3n) is 1.90. The lowest BCUT2D eigenvalue weighted by atomic mass is 10.3. The summed E-state index contributed by atoms with van der Waals surface area (Å²) in [7, 11) is -3.74. The fraction of sp³-hybridized carbons (Fsp3) is 0.333. The summed E-state index contributed by atoms with van der Waals surface area (Å²) in [6.07, 6.45) is 0. The first kappa shape index (κ1) is 13.2. The number of halogens is 1. The van der Waals surface area contributed by atoms with Gasteiger partial charge in [0.1, 0.15) is 4.90 Å². The molecule has 1 aromatic carbocycles. The number of hydrogen-bond acceptors (Lipinski definition) is 4. The number of benzene rings is 1. The number of nitrogen functional groups attached to an aromatic ring is 1. The van der Waals surface area contributed by atoms with Crippen LogP contribution in [0, 0.1) is 0 Å². The minimum absolute atomic E-state index is 0.0831. The summed E-state index contributed by atoms with van der Waals surface area (Å²) < 4.78 is 25.9. The van der Waals surface area contributed by atoms with Gasteiger partial charge in [-0.1, -0.05) is 11.6 Å². The summed E-state index contributed by atoms with van der Waals surface area (Å²) >= 11 is 5.70. The molecule has 5 nitrogen and oxygen atoms in total. The molecule has 7 heteroatoms. The molecule has 0 unspecified atom stereocenters. The number of sulfonamides is 1. The monoisotopic (exact) mass is 264 g/mol. The second-order valence-corrected chi connectivity index (χ2v) is 5.51. The predicted octanol–water partition coefficient (Wildman–Crippen LogP) is 0.581. The molecule has 90 valence electrons. The van der Waals surface area contributed by atoms with Gasteiger partial charge >= 0.3 is 0 Å². The van der Waals surface area contributed by atoms with Crippen molar-refractivity contribution in [2.24, 2.45) is 0 Å². The molecule has 0 bridgehead atoms. The Labute approximate surface area is 99.3 Å². The molecule has 0 aliphatic heterocycles. The number of hydrogen-bond donors (Lipinski definition) is 3. The lowest BCUT2D eigenvalue weighted by molar-refractivity contribution is 0.265. The van der Waals surface area contributed by atoms with Gasteiger partial charge in [0.05, 0.1) is 12.3 Å². The summed E-state index contributed by atoms with van der Waals surface area (Å²) in [6.45, 7) is 1.25. The van der Waals surface area contributed by atoms with E-state index in [0.29, 0.717) is 0 Å². The molecule has 0 spiro atoms. The van der Waals surface area contributed by atoms with Crippen molar-refractivity contribution >= 4 is 27.3 Å². The molecule has 0 saturated carbocycles. The van der Waals surface area contributed by atoms with Gasteiger partial charge in [0.25, 0.3) is 0 Å². The zero-order valence-electron chi connectivity index (χ0n) is 8.64. The maximum Gasteiger partial charge on any atom is 0.242 e. The Kier molecular flexibility index (Phi) is 4.15. The van der Waals surface area contributed by atoms with Gasteiger partial charge in [0.2, 0.25) is 10.0 Å². The van der Waals surface area contributed by atoms with Gasteiger partial charge in [0.15, 0.2) is 0 Å². The van der Waals surface area contributed by atoms with Crippen molar-refractivity contribution in [1.82, 2.24) is 4.72 Å². The van der Waals surface area contributed by atoms with Crippen molar-refractivity contribution in [3.05, 3.63) is 23.2 Å². The highest BCUT2D eigenvalue weighted by Crippen LogP contribution is 2.22. The van der Waals surface area contributed by atoms with Crippen LogP contribution < -0.4 is 10.5 Å². The molecule has 0 saturated heterocycles. The molecule has 0 radical (unpaired) electrons. The normalized spacial score (nSPS) is 13.7. The number of nitrogens with one attached hydrogen (secondary N) is 1. The van der Waals surface area contributed by atoms with E-state index in [9.17, 15) is 8.42 Å². The molecular formula is C9H13ClN2O3S. The number of nitrogens with two attached hydrogens (primary N) is 1. The second-order valence-electron chi connectivity index (χ2n) is 3.39. The molecule has 0 aliphatic rings. The fourth-order valence-electron chi connectivity index (χ4n) is 1.11. The Balaban J connectivity index is 3.12. The van der Waals surface area contributed by atoms with Crippen LogP contribution in [0.15, 0.2) is 23.1 Å². The lowest BCUT2D eigenvalue weighted by Gasteiger charge is -2.13. The van der Waals surface area contributed by atoms with Crippen molar-refractivity contribution < 1.29 is 13.5 Å². The van der Waals surface area contributed by atoms with Gasteiger partial charge in [-0.25, -0.2) is 13.1 Å². The molecule has 1 aromatic rings. The minimum Gasteiger partial charge on any atom is -0.398 e. The maximum atomic E-state index is 11.8. The van der Waals surface area contributed by atoms with Crippen molar-refractivity contribution in [3.63, 3.8) is 0 Å². The SMILES string of the molecule is C[C@@H](CO)NS(=O)(=O)c1cc(Cl)ccc1N. The highest BCUT2D eigenvalue weighted by molar-refractivity contribution is 7.89.